The highest BCUT2D eigenvalue weighted by Crippen LogP contribution is 2.26. The summed E-state index contributed by atoms with van der Waals surface area (Å²) in [7, 11) is 2.26. The third-order valence-electron chi connectivity index (χ3n) is 3.77. The lowest BCUT2D eigenvalue weighted by molar-refractivity contribution is 0.104. The molecule has 1 aliphatic rings. The van der Waals surface area contributed by atoms with E-state index in [0.717, 1.165) is 12.6 Å². The Labute approximate surface area is 89.1 Å². The van der Waals surface area contributed by atoms with Gasteiger partial charge in [-0.1, -0.05) is 20.8 Å². The van der Waals surface area contributed by atoms with Crippen LogP contribution in [0.25, 0.3) is 0 Å². The topological polar surface area (TPSA) is 15.3 Å². The van der Waals surface area contributed by atoms with Crippen molar-refractivity contribution in [2.24, 2.45) is 5.41 Å². The summed E-state index contributed by atoms with van der Waals surface area (Å²) in [6.45, 7) is 12.7. The van der Waals surface area contributed by atoms with E-state index in [9.17, 15) is 0 Å². The van der Waals surface area contributed by atoms with Crippen molar-refractivity contribution in [3.8, 4) is 0 Å². The maximum absolute atomic E-state index is 3.52. The van der Waals surface area contributed by atoms with Gasteiger partial charge >= 0.3 is 0 Å². The zero-order chi connectivity index (χ0) is 10.9. The van der Waals surface area contributed by atoms with Gasteiger partial charge in [0.1, 0.15) is 0 Å². The Kier molecular flexibility index (Phi) is 3.59. The van der Waals surface area contributed by atoms with E-state index in [4.69, 9.17) is 0 Å². The van der Waals surface area contributed by atoms with Gasteiger partial charge in [0.25, 0.3) is 0 Å². The van der Waals surface area contributed by atoms with Gasteiger partial charge in [-0.05, 0) is 32.7 Å². The minimum atomic E-state index is 0.376. The van der Waals surface area contributed by atoms with Gasteiger partial charge in [-0.25, -0.2) is 0 Å². The van der Waals surface area contributed by atoms with Crippen LogP contribution < -0.4 is 5.32 Å². The minimum Gasteiger partial charge on any atom is -0.313 e. The Balaban J connectivity index is 2.52. The summed E-state index contributed by atoms with van der Waals surface area (Å²) in [4.78, 5) is 2.54. The average Bonchev–Trinajstić information content (AvgIpc) is 2.47. The first-order valence-electron chi connectivity index (χ1n) is 5.77. The van der Waals surface area contributed by atoms with Crippen LogP contribution in [0.5, 0.6) is 0 Å². The largest absolute Gasteiger partial charge is 0.313 e. The number of nitrogens with zero attached hydrogens (tertiary/aromatic N) is 1. The molecule has 3 atom stereocenters. The number of hydrogen-bond acceptors (Lipinski definition) is 2. The molecule has 84 valence electrons. The zero-order valence-electron chi connectivity index (χ0n) is 10.6. The molecule has 0 radical (unpaired) electrons. The van der Waals surface area contributed by atoms with Gasteiger partial charge in [-0.2, -0.15) is 0 Å². The monoisotopic (exact) mass is 198 g/mol. The molecule has 2 nitrogen and oxygen atoms in total. The van der Waals surface area contributed by atoms with Crippen molar-refractivity contribution in [1.29, 1.82) is 0 Å². The molecule has 14 heavy (non-hydrogen) atoms. The predicted molar refractivity (Wildman–Crippen MR) is 62.5 cm³/mol. The highest BCUT2D eigenvalue weighted by atomic mass is 15.2. The van der Waals surface area contributed by atoms with E-state index in [1.165, 1.54) is 6.42 Å². The average molecular weight is 198 g/mol. The van der Waals surface area contributed by atoms with E-state index in [-0.39, 0.29) is 0 Å². The maximum atomic E-state index is 3.52. The normalized spacial score (nSPS) is 31.1. The third kappa shape index (κ3) is 2.71. The molecule has 1 aliphatic heterocycles. The first-order chi connectivity index (χ1) is 6.32. The van der Waals surface area contributed by atoms with E-state index in [1.807, 2.05) is 0 Å². The van der Waals surface area contributed by atoms with Gasteiger partial charge in [0.05, 0.1) is 0 Å². The summed E-state index contributed by atoms with van der Waals surface area (Å²) >= 11 is 0. The van der Waals surface area contributed by atoms with E-state index >= 15 is 0 Å². The predicted octanol–water partition coefficient (Wildman–Crippen LogP) is 2.10. The van der Waals surface area contributed by atoms with Crippen LogP contribution in [-0.2, 0) is 0 Å². The lowest BCUT2D eigenvalue weighted by Gasteiger charge is -2.38. The van der Waals surface area contributed by atoms with Crippen LogP contribution in [-0.4, -0.2) is 36.6 Å². The Morgan fingerprint density at radius 2 is 1.93 bits per heavy atom. The fourth-order valence-electron chi connectivity index (χ4n) is 2.15. The van der Waals surface area contributed by atoms with Crippen molar-refractivity contribution in [2.45, 2.75) is 59.2 Å². The highest BCUT2D eigenvalue weighted by Gasteiger charge is 2.31. The summed E-state index contributed by atoms with van der Waals surface area (Å²) in [5, 5.41) is 3.52. The summed E-state index contributed by atoms with van der Waals surface area (Å²) in [6.07, 6.45) is 1.29. The van der Waals surface area contributed by atoms with E-state index < -0.39 is 0 Å². The quantitative estimate of drug-likeness (QED) is 0.731. The van der Waals surface area contributed by atoms with Crippen LogP contribution in [0.15, 0.2) is 0 Å². The highest BCUT2D eigenvalue weighted by molar-refractivity contribution is 4.89. The number of rotatable bonds is 2. The van der Waals surface area contributed by atoms with Crippen LogP contribution in [0, 0.1) is 5.41 Å². The van der Waals surface area contributed by atoms with Crippen molar-refractivity contribution in [2.75, 3.05) is 13.6 Å². The lowest BCUT2D eigenvalue weighted by atomic mass is 9.86. The van der Waals surface area contributed by atoms with Crippen molar-refractivity contribution in [3.05, 3.63) is 0 Å². The SMILES string of the molecule is CC1CC(N(C)C(C)C(C)(C)C)CN1. The van der Waals surface area contributed by atoms with Gasteiger partial charge < -0.3 is 5.32 Å². The smallest absolute Gasteiger partial charge is 0.0235 e. The molecule has 2 heteroatoms. The van der Waals surface area contributed by atoms with Crippen LogP contribution in [0.3, 0.4) is 0 Å². The molecule has 1 N–H and O–H groups in total. The second kappa shape index (κ2) is 4.19. The molecule has 1 heterocycles. The van der Waals surface area contributed by atoms with Gasteiger partial charge in [0.15, 0.2) is 0 Å². The van der Waals surface area contributed by atoms with Crippen molar-refractivity contribution < 1.29 is 0 Å². The van der Waals surface area contributed by atoms with E-state index in [2.05, 4.69) is 51.9 Å². The molecule has 0 aliphatic carbocycles. The van der Waals surface area contributed by atoms with E-state index in [1.54, 1.807) is 0 Å². The molecular formula is C12H26N2. The molecule has 0 spiro atoms. The Morgan fingerprint density at radius 3 is 2.29 bits per heavy atom. The molecule has 0 saturated carbocycles. The summed E-state index contributed by atoms with van der Waals surface area (Å²) in [5.74, 6) is 0. The number of nitrogens with one attached hydrogen (secondary N) is 1. The number of likely N-dealkylation sites (N-methyl/N-ethyl adjacent to an activating group) is 1. The van der Waals surface area contributed by atoms with Gasteiger partial charge in [0.2, 0.25) is 0 Å². The van der Waals surface area contributed by atoms with Gasteiger partial charge in [-0.15, -0.1) is 0 Å². The minimum absolute atomic E-state index is 0.376. The van der Waals surface area contributed by atoms with Crippen LogP contribution in [0.4, 0.5) is 0 Å². The number of hydrogen-bond donors (Lipinski definition) is 1. The molecule has 0 aromatic carbocycles. The molecule has 0 aromatic rings. The molecule has 1 fully saturated rings. The van der Waals surface area contributed by atoms with Gasteiger partial charge in [0, 0.05) is 24.7 Å². The summed E-state index contributed by atoms with van der Waals surface area (Å²) < 4.78 is 0. The lowest BCUT2D eigenvalue weighted by Crippen LogP contribution is -2.46. The van der Waals surface area contributed by atoms with Gasteiger partial charge in [-0.3, -0.25) is 4.90 Å². The first-order valence-corrected chi connectivity index (χ1v) is 5.77. The zero-order valence-corrected chi connectivity index (χ0v) is 10.6. The second-order valence-electron chi connectivity index (χ2n) is 5.91. The Hall–Kier alpha value is -0.0800. The molecule has 3 unspecified atom stereocenters. The molecule has 0 bridgehead atoms. The van der Waals surface area contributed by atoms with Crippen LogP contribution >= 0.6 is 0 Å². The Bertz CT molecular complexity index is 183. The second-order valence-corrected chi connectivity index (χ2v) is 5.91. The summed E-state index contributed by atoms with van der Waals surface area (Å²) in [6, 6.07) is 2.05. The molecule has 1 rings (SSSR count). The standard InChI is InChI=1S/C12H26N2/c1-9-7-11(8-13-9)14(6)10(2)12(3,4)5/h9-11,13H,7-8H2,1-6H3. The van der Waals surface area contributed by atoms with E-state index in [0.29, 0.717) is 17.5 Å². The maximum Gasteiger partial charge on any atom is 0.0235 e. The molecular weight excluding hydrogens is 172 g/mol. The first kappa shape index (κ1) is 12.0. The van der Waals surface area contributed by atoms with Crippen molar-refractivity contribution in [1.82, 2.24) is 10.2 Å². The third-order valence-corrected chi connectivity index (χ3v) is 3.77. The fraction of sp³-hybridized carbons (Fsp3) is 1.00. The Morgan fingerprint density at radius 1 is 1.36 bits per heavy atom. The molecule has 0 aromatic heterocycles. The molecule has 1 saturated heterocycles. The summed E-state index contributed by atoms with van der Waals surface area (Å²) in [5.41, 5.74) is 0.376. The van der Waals surface area contributed by atoms with Crippen molar-refractivity contribution in [3.63, 3.8) is 0 Å². The molecule has 0 amide bonds. The van der Waals surface area contributed by atoms with Crippen LogP contribution in [0.1, 0.15) is 41.0 Å². The van der Waals surface area contributed by atoms with Crippen LogP contribution in [0.2, 0.25) is 0 Å². The van der Waals surface area contributed by atoms with Crippen molar-refractivity contribution >= 4 is 0 Å². The fourth-order valence-corrected chi connectivity index (χ4v) is 2.15.